The monoisotopic (exact) mass is 429 g/mol. The molecule has 0 radical (unpaired) electrons. The van der Waals surface area contributed by atoms with Gasteiger partial charge in [0.25, 0.3) is 5.91 Å². The number of piperazine rings is 1. The molecule has 2 heterocycles. The minimum absolute atomic E-state index is 0.115. The van der Waals surface area contributed by atoms with Gasteiger partial charge in [0, 0.05) is 43.8 Å². The number of amides is 1. The van der Waals surface area contributed by atoms with Crippen molar-refractivity contribution in [1.29, 1.82) is 0 Å². The summed E-state index contributed by atoms with van der Waals surface area (Å²) in [6.07, 6.45) is 0.930. The summed E-state index contributed by atoms with van der Waals surface area (Å²) in [6, 6.07) is 27.9. The molecule has 1 N–H and O–H groups in total. The van der Waals surface area contributed by atoms with Gasteiger partial charge in [0.05, 0.1) is 6.04 Å². The second-order valence-electron chi connectivity index (χ2n) is 8.78. The molecule has 3 aromatic carbocycles. The van der Waals surface area contributed by atoms with Gasteiger partial charge in [-0.2, -0.15) is 0 Å². The van der Waals surface area contributed by atoms with Crippen molar-refractivity contribution in [2.75, 3.05) is 26.2 Å². The number of carbonyl (C=O) groups excluding carboxylic acids is 1. The lowest BCUT2D eigenvalue weighted by Crippen LogP contribution is -2.51. The van der Waals surface area contributed by atoms with Crippen molar-refractivity contribution in [2.45, 2.75) is 24.5 Å². The number of benzene rings is 3. The third-order valence-corrected chi connectivity index (χ3v) is 6.68. The van der Waals surface area contributed by atoms with Gasteiger partial charge in [-0.3, -0.25) is 14.6 Å². The summed E-state index contributed by atoms with van der Waals surface area (Å²) < 4.78 is 13.2. The van der Waals surface area contributed by atoms with Crippen molar-refractivity contribution in [1.82, 2.24) is 15.1 Å². The van der Waals surface area contributed by atoms with Crippen LogP contribution in [0.25, 0.3) is 0 Å². The first-order chi connectivity index (χ1) is 15.7. The quantitative estimate of drug-likeness (QED) is 0.663. The average Bonchev–Trinajstić information content (AvgIpc) is 3.23. The van der Waals surface area contributed by atoms with Crippen molar-refractivity contribution in [2.24, 2.45) is 0 Å². The fourth-order valence-electron chi connectivity index (χ4n) is 5.16. The Morgan fingerprint density at radius 2 is 1.47 bits per heavy atom. The van der Waals surface area contributed by atoms with E-state index in [0.717, 1.165) is 32.6 Å². The Morgan fingerprint density at radius 1 is 0.844 bits per heavy atom. The number of halogens is 1. The third kappa shape index (κ3) is 4.45. The highest BCUT2D eigenvalue weighted by Crippen LogP contribution is 2.33. The predicted molar refractivity (Wildman–Crippen MR) is 124 cm³/mol. The molecule has 2 atom stereocenters. The van der Waals surface area contributed by atoms with Crippen LogP contribution in [0.2, 0.25) is 0 Å². The summed E-state index contributed by atoms with van der Waals surface area (Å²) in [5, 5.41) is 3.16. The standard InChI is InChI=1S/C27H28FN3O/c28-23-13-11-22(12-14-23)27(32)29-24-17-25-19-31(16-15-30(25)18-24)26(20-7-3-1-4-8-20)21-9-5-2-6-10-21/h1-14,24-26H,15-19H2,(H,29,32)/t24-,25-/m0/s1. The Morgan fingerprint density at radius 3 is 2.09 bits per heavy atom. The van der Waals surface area contributed by atoms with Gasteiger partial charge >= 0.3 is 0 Å². The smallest absolute Gasteiger partial charge is 0.251 e. The van der Waals surface area contributed by atoms with Crippen molar-refractivity contribution >= 4 is 5.91 Å². The number of carbonyl (C=O) groups is 1. The largest absolute Gasteiger partial charge is 0.348 e. The number of rotatable bonds is 5. The van der Waals surface area contributed by atoms with E-state index in [1.54, 1.807) is 12.1 Å². The van der Waals surface area contributed by atoms with Crippen LogP contribution in [0.5, 0.6) is 0 Å². The van der Waals surface area contributed by atoms with E-state index in [-0.39, 0.29) is 23.8 Å². The molecule has 32 heavy (non-hydrogen) atoms. The molecule has 2 fully saturated rings. The molecule has 5 heteroatoms. The molecule has 1 amide bonds. The van der Waals surface area contributed by atoms with Crippen LogP contribution >= 0.6 is 0 Å². The van der Waals surface area contributed by atoms with E-state index in [0.29, 0.717) is 11.6 Å². The van der Waals surface area contributed by atoms with Gasteiger partial charge in [0.15, 0.2) is 0 Å². The maximum Gasteiger partial charge on any atom is 0.251 e. The molecule has 0 spiro atoms. The zero-order valence-electron chi connectivity index (χ0n) is 18.0. The molecule has 2 aliphatic heterocycles. The van der Waals surface area contributed by atoms with Crippen LogP contribution in [0.1, 0.15) is 33.9 Å². The number of hydrogen-bond donors (Lipinski definition) is 1. The van der Waals surface area contributed by atoms with E-state index >= 15 is 0 Å². The molecule has 2 saturated heterocycles. The Labute approximate surface area is 188 Å². The minimum atomic E-state index is -0.328. The van der Waals surface area contributed by atoms with E-state index in [1.165, 1.54) is 23.3 Å². The molecule has 0 bridgehead atoms. The lowest BCUT2D eigenvalue weighted by atomic mass is 9.95. The Balaban J connectivity index is 1.28. The molecule has 4 nitrogen and oxygen atoms in total. The summed E-state index contributed by atoms with van der Waals surface area (Å²) in [5.74, 6) is -0.454. The third-order valence-electron chi connectivity index (χ3n) is 6.68. The van der Waals surface area contributed by atoms with Gasteiger partial charge in [-0.05, 0) is 41.8 Å². The summed E-state index contributed by atoms with van der Waals surface area (Å²) >= 11 is 0. The van der Waals surface area contributed by atoms with Gasteiger partial charge in [-0.1, -0.05) is 60.7 Å². The predicted octanol–water partition coefficient (Wildman–Crippen LogP) is 4.10. The lowest BCUT2D eigenvalue weighted by molar-refractivity contribution is 0.0829. The molecule has 0 aromatic heterocycles. The molecular weight excluding hydrogens is 401 g/mol. The number of hydrogen-bond acceptors (Lipinski definition) is 3. The highest BCUT2D eigenvalue weighted by molar-refractivity contribution is 5.94. The van der Waals surface area contributed by atoms with Gasteiger partial charge in [-0.25, -0.2) is 4.39 Å². The highest BCUT2D eigenvalue weighted by Gasteiger charge is 2.39. The molecule has 3 aromatic rings. The van der Waals surface area contributed by atoms with Crippen LogP contribution in [-0.2, 0) is 0 Å². The average molecular weight is 430 g/mol. The van der Waals surface area contributed by atoms with E-state index in [1.807, 2.05) is 0 Å². The Hall–Kier alpha value is -3.02. The first-order valence-electron chi connectivity index (χ1n) is 11.3. The van der Waals surface area contributed by atoms with Crippen LogP contribution < -0.4 is 5.32 Å². The second-order valence-corrected chi connectivity index (χ2v) is 8.78. The minimum Gasteiger partial charge on any atom is -0.348 e. The first-order valence-corrected chi connectivity index (χ1v) is 11.3. The van der Waals surface area contributed by atoms with Gasteiger partial charge in [0.1, 0.15) is 5.82 Å². The maximum absolute atomic E-state index is 13.2. The molecule has 0 saturated carbocycles. The summed E-state index contributed by atoms with van der Waals surface area (Å²) in [6.45, 7) is 3.82. The van der Waals surface area contributed by atoms with Crippen LogP contribution in [-0.4, -0.2) is 54.0 Å². The van der Waals surface area contributed by atoms with Gasteiger partial charge in [-0.15, -0.1) is 0 Å². The second kappa shape index (κ2) is 9.23. The Bertz CT molecular complexity index is 1000. The van der Waals surface area contributed by atoms with Crippen LogP contribution in [0.3, 0.4) is 0 Å². The first kappa shape index (κ1) is 20.9. The zero-order chi connectivity index (χ0) is 21.9. The van der Waals surface area contributed by atoms with E-state index in [2.05, 4.69) is 75.8 Å². The topological polar surface area (TPSA) is 35.6 Å². The van der Waals surface area contributed by atoms with Crippen LogP contribution in [0, 0.1) is 5.82 Å². The van der Waals surface area contributed by atoms with E-state index in [9.17, 15) is 9.18 Å². The number of fused-ring (bicyclic) bond motifs is 1. The highest BCUT2D eigenvalue weighted by atomic mass is 19.1. The summed E-state index contributed by atoms with van der Waals surface area (Å²) in [7, 11) is 0. The molecular formula is C27H28FN3O. The van der Waals surface area contributed by atoms with Crippen molar-refractivity contribution in [3.8, 4) is 0 Å². The fraction of sp³-hybridized carbons (Fsp3) is 0.296. The maximum atomic E-state index is 13.2. The van der Waals surface area contributed by atoms with Gasteiger partial charge < -0.3 is 5.32 Å². The molecule has 0 unspecified atom stereocenters. The van der Waals surface area contributed by atoms with Crippen LogP contribution in [0.4, 0.5) is 4.39 Å². The number of nitrogens with one attached hydrogen (secondary N) is 1. The van der Waals surface area contributed by atoms with E-state index < -0.39 is 0 Å². The summed E-state index contributed by atoms with van der Waals surface area (Å²) in [5.41, 5.74) is 3.13. The van der Waals surface area contributed by atoms with Crippen molar-refractivity contribution < 1.29 is 9.18 Å². The molecule has 164 valence electrons. The molecule has 0 aliphatic carbocycles. The normalized spacial score (nSPS) is 21.4. The molecule has 5 rings (SSSR count). The lowest BCUT2D eigenvalue weighted by Gasteiger charge is -2.42. The van der Waals surface area contributed by atoms with Crippen molar-refractivity contribution in [3.05, 3.63) is 107 Å². The molecule has 2 aliphatic rings. The van der Waals surface area contributed by atoms with Crippen LogP contribution in [0.15, 0.2) is 84.9 Å². The fourth-order valence-corrected chi connectivity index (χ4v) is 5.16. The summed E-state index contributed by atoms with van der Waals surface area (Å²) in [4.78, 5) is 17.7. The zero-order valence-corrected chi connectivity index (χ0v) is 18.0. The number of nitrogens with zero attached hydrogens (tertiary/aromatic N) is 2. The van der Waals surface area contributed by atoms with Gasteiger partial charge in [0.2, 0.25) is 0 Å². The Kier molecular flexibility index (Phi) is 6.02. The van der Waals surface area contributed by atoms with E-state index in [4.69, 9.17) is 0 Å². The SMILES string of the molecule is O=C(N[C@H]1C[C@H]2CN(C(c3ccccc3)c3ccccc3)CCN2C1)c1ccc(F)cc1. The van der Waals surface area contributed by atoms with Crippen molar-refractivity contribution in [3.63, 3.8) is 0 Å².